The summed E-state index contributed by atoms with van der Waals surface area (Å²) in [7, 11) is 2.04. The highest BCUT2D eigenvalue weighted by atomic mass is 19.1. The summed E-state index contributed by atoms with van der Waals surface area (Å²) < 4.78 is 14.4. The predicted octanol–water partition coefficient (Wildman–Crippen LogP) is 4.09. The summed E-state index contributed by atoms with van der Waals surface area (Å²) in [6.07, 6.45) is 7.48. The number of rotatable bonds is 5. The molecule has 2 aliphatic carbocycles. The first-order chi connectivity index (χ1) is 10.1. The van der Waals surface area contributed by atoms with Crippen molar-refractivity contribution in [1.82, 2.24) is 5.32 Å². The molecule has 2 fully saturated rings. The quantitative estimate of drug-likeness (QED) is 0.878. The van der Waals surface area contributed by atoms with Crippen molar-refractivity contribution >= 4 is 5.69 Å². The van der Waals surface area contributed by atoms with Crippen LogP contribution in [0.4, 0.5) is 10.1 Å². The van der Waals surface area contributed by atoms with E-state index in [9.17, 15) is 4.39 Å². The lowest BCUT2D eigenvalue weighted by Crippen LogP contribution is -2.36. The summed E-state index contributed by atoms with van der Waals surface area (Å²) in [5, 5.41) is 3.44. The minimum Gasteiger partial charge on any atom is -0.369 e. The van der Waals surface area contributed by atoms with Crippen LogP contribution in [0, 0.1) is 11.7 Å². The predicted molar refractivity (Wildman–Crippen MR) is 86.1 cm³/mol. The Balaban J connectivity index is 1.65. The number of anilines is 1. The molecular weight excluding hydrogens is 263 g/mol. The van der Waals surface area contributed by atoms with Gasteiger partial charge in [-0.05, 0) is 49.3 Å². The molecule has 0 aliphatic heterocycles. The molecule has 2 nitrogen and oxygen atoms in total. The zero-order valence-corrected chi connectivity index (χ0v) is 13.2. The van der Waals surface area contributed by atoms with Crippen LogP contribution in [0.2, 0.25) is 0 Å². The summed E-state index contributed by atoms with van der Waals surface area (Å²) in [6.45, 7) is 3.09. The second kappa shape index (κ2) is 6.35. The lowest BCUT2D eigenvalue weighted by molar-refractivity contribution is 0.335. The normalized spacial score (nSPS) is 25.9. The topological polar surface area (TPSA) is 15.3 Å². The number of nitrogens with zero attached hydrogens (tertiary/aromatic N) is 1. The van der Waals surface area contributed by atoms with Crippen LogP contribution in [0.3, 0.4) is 0 Å². The van der Waals surface area contributed by atoms with Crippen LogP contribution in [0.1, 0.15) is 51.0 Å². The van der Waals surface area contributed by atoms with Crippen molar-refractivity contribution in [3.8, 4) is 0 Å². The molecule has 0 bridgehead atoms. The van der Waals surface area contributed by atoms with E-state index < -0.39 is 0 Å². The summed E-state index contributed by atoms with van der Waals surface area (Å²) in [5.41, 5.74) is 1.80. The Morgan fingerprint density at radius 3 is 2.71 bits per heavy atom. The van der Waals surface area contributed by atoms with Gasteiger partial charge in [-0.15, -0.1) is 0 Å². The maximum atomic E-state index is 14.4. The van der Waals surface area contributed by atoms with E-state index in [0.717, 1.165) is 23.7 Å². The van der Waals surface area contributed by atoms with Crippen molar-refractivity contribution in [1.29, 1.82) is 0 Å². The fourth-order valence-corrected chi connectivity index (χ4v) is 3.45. The molecule has 2 atom stereocenters. The highest BCUT2D eigenvalue weighted by Gasteiger charge is 2.24. The first-order valence-electron chi connectivity index (χ1n) is 8.38. The summed E-state index contributed by atoms with van der Waals surface area (Å²) in [4.78, 5) is 2.16. The fourth-order valence-electron chi connectivity index (χ4n) is 3.45. The third kappa shape index (κ3) is 3.76. The lowest BCUT2D eigenvalue weighted by Gasteiger charge is -2.35. The highest BCUT2D eigenvalue weighted by molar-refractivity contribution is 5.49. The molecule has 0 saturated heterocycles. The fraction of sp³-hybridized carbons (Fsp3) is 0.667. The van der Waals surface area contributed by atoms with Gasteiger partial charge in [-0.1, -0.05) is 25.8 Å². The van der Waals surface area contributed by atoms with Crippen molar-refractivity contribution in [2.45, 2.75) is 64.1 Å². The molecule has 2 saturated carbocycles. The van der Waals surface area contributed by atoms with Crippen LogP contribution in [0.15, 0.2) is 18.2 Å². The Kier molecular flexibility index (Phi) is 4.48. The van der Waals surface area contributed by atoms with Crippen LogP contribution in [-0.2, 0) is 6.54 Å². The van der Waals surface area contributed by atoms with Crippen molar-refractivity contribution in [3.63, 3.8) is 0 Å². The Morgan fingerprint density at radius 2 is 2.05 bits per heavy atom. The maximum absolute atomic E-state index is 14.4. The smallest absolute Gasteiger partial charge is 0.146 e. The number of hydrogen-bond donors (Lipinski definition) is 1. The van der Waals surface area contributed by atoms with E-state index in [2.05, 4.69) is 23.2 Å². The first-order valence-corrected chi connectivity index (χ1v) is 8.38. The van der Waals surface area contributed by atoms with Gasteiger partial charge in [-0.25, -0.2) is 4.39 Å². The van der Waals surface area contributed by atoms with Gasteiger partial charge in [0.1, 0.15) is 5.82 Å². The van der Waals surface area contributed by atoms with Crippen LogP contribution < -0.4 is 10.2 Å². The van der Waals surface area contributed by atoms with Crippen LogP contribution >= 0.6 is 0 Å². The first kappa shape index (κ1) is 14.8. The van der Waals surface area contributed by atoms with Gasteiger partial charge in [0, 0.05) is 25.7 Å². The monoisotopic (exact) mass is 290 g/mol. The molecule has 0 amide bonds. The van der Waals surface area contributed by atoms with Gasteiger partial charge in [0.2, 0.25) is 0 Å². The average molecular weight is 290 g/mol. The number of nitrogens with one attached hydrogen (secondary N) is 1. The minimum atomic E-state index is -0.0779. The molecule has 0 heterocycles. The molecule has 3 rings (SSSR count). The molecule has 3 heteroatoms. The summed E-state index contributed by atoms with van der Waals surface area (Å²) in [5.74, 6) is 0.682. The van der Waals surface area contributed by atoms with E-state index in [1.54, 1.807) is 6.07 Å². The van der Waals surface area contributed by atoms with E-state index >= 15 is 0 Å². The van der Waals surface area contributed by atoms with Gasteiger partial charge in [-0.3, -0.25) is 0 Å². The van der Waals surface area contributed by atoms with Crippen molar-refractivity contribution in [2.75, 3.05) is 11.9 Å². The molecule has 0 radical (unpaired) electrons. The average Bonchev–Trinajstić information content (AvgIpc) is 3.29. The van der Waals surface area contributed by atoms with E-state index in [0.29, 0.717) is 12.1 Å². The van der Waals surface area contributed by atoms with Crippen LogP contribution in [0.25, 0.3) is 0 Å². The van der Waals surface area contributed by atoms with Crippen molar-refractivity contribution < 1.29 is 4.39 Å². The number of hydrogen-bond acceptors (Lipinski definition) is 2. The lowest BCUT2D eigenvalue weighted by atomic mass is 9.86. The number of benzene rings is 1. The highest BCUT2D eigenvalue weighted by Crippen LogP contribution is 2.31. The van der Waals surface area contributed by atoms with Gasteiger partial charge in [0.25, 0.3) is 0 Å². The minimum absolute atomic E-state index is 0.0779. The van der Waals surface area contributed by atoms with Gasteiger partial charge < -0.3 is 10.2 Å². The van der Waals surface area contributed by atoms with Gasteiger partial charge >= 0.3 is 0 Å². The van der Waals surface area contributed by atoms with Gasteiger partial charge in [0.15, 0.2) is 0 Å². The zero-order valence-electron chi connectivity index (χ0n) is 13.2. The summed E-state index contributed by atoms with van der Waals surface area (Å²) >= 11 is 0. The third-order valence-corrected chi connectivity index (χ3v) is 5.02. The van der Waals surface area contributed by atoms with E-state index in [1.165, 1.54) is 38.5 Å². The summed E-state index contributed by atoms with van der Waals surface area (Å²) in [6, 6.07) is 6.88. The second-order valence-corrected chi connectivity index (χ2v) is 6.98. The number of halogens is 1. The largest absolute Gasteiger partial charge is 0.369 e. The molecule has 1 N–H and O–H groups in total. The van der Waals surface area contributed by atoms with E-state index in [1.807, 2.05) is 13.1 Å². The molecule has 0 aromatic heterocycles. The van der Waals surface area contributed by atoms with E-state index in [-0.39, 0.29) is 5.82 Å². The standard InChI is InChI=1S/C18H27FN2/c1-13-4-3-5-16(10-13)21(2)18-9-6-14(11-17(18)19)12-20-15-7-8-15/h6,9,11,13,15-16,20H,3-5,7-8,10,12H2,1-2H3. The van der Waals surface area contributed by atoms with Crippen LogP contribution in [0.5, 0.6) is 0 Å². The second-order valence-electron chi connectivity index (χ2n) is 6.98. The van der Waals surface area contributed by atoms with Crippen molar-refractivity contribution in [2.24, 2.45) is 5.92 Å². The molecule has 21 heavy (non-hydrogen) atoms. The Labute approximate surface area is 127 Å². The molecule has 2 unspecified atom stereocenters. The molecular formula is C18H27FN2. The van der Waals surface area contributed by atoms with Gasteiger partial charge in [-0.2, -0.15) is 0 Å². The Morgan fingerprint density at radius 1 is 1.24 bits per heavy atom. The zero-order chi connectivity index (χ0) is 14.8. The van der Waals surface area contributed by atoms with Gasteiger partial charge in [0.05, 0.1) is 5.69 Å². The van der Waals surface area contributed by atoms with Crippen LogP contribution in [-0.4, -0.2) is 19.1 Å². The van der Waals surface area contributed by atoms with Crippen molar-refractivity contribution in [3.05, 3.63) is 29.6 Å². The molecule has 2 aliphatic rings. The third-order valence-electron chi connectivity index (χ3n) is 5.02. The SMILES string of the molecule is CC1CCCC(N(C)c2ccc(CNC3CC3)cc2F)C1. The molecule has 116 valence electrons. The Hall–Kier alpha value is -1.09. The molecule has 1 aromatic carbocycles. The molecule has 0 spiro atoms. The maximum Gasteiger partial charge on any atom is 0.146 e. The Bertz CT molecular complexity index is 484. The van der Waals surface area contributed by atoms with E-state index in [4.69, 9.17) is 0 Å². The molecule has 1 aromatic rings.